The fourth-order valence-corrected chi connectivity index (χ4v) is 4.58. The fourth-order valence-electron chi connectivity index (χ4n) is 4.58. The predicted molar refractivity (Wildman–Crippen MR) is 97.3 cm³/mol. The number of hydrogen-bond acceptors (Lipinski definition) is 6. The summed E-state index contributed by atoms with van der Waals surface area (Å²) in [5.74, 6) is 0.00553. The van der Waals surface area contributed by atoms with E-state index in [4.69, 9.17) is 0 Å². The first-order valence-electron chi connectivity index (χ1n) is 9.36. The number of nitrogens with zero attached hydrogens (tertiary/aromatic N) is 7. The number of hydrogen-bond donors (Lipinski definition) is 1. The summed E-state index contributed by atoms with van der Waals surface area (Å²) in [6, 6.07) is 3.42. The van der Waals surface area contributed by atoms with Crippen molar-refractivity contribution in [2.75, 3.05) is 19.6 Å². The minimum Gasteiger partial charge on any atom is -0.348 e. The Morgan fingerprint density at radius 1 is 1.21 bits per heavy atom. The number of imidazole rings is 1. The third-order valence-corrected chi connectivity index (χ3v) is 5.96. The van der Waals surface area contributed by atoms with Crippen molar-refractivity contribution >= 4 is 17.5 Å². The van der Waals surface area contributed by atoms with Gasteiger partial charge in [-0.1, -0.05) is 0 Å². The molecule has 0 radical (unpaired) electrons. The molecule has 3 aromatic rings. The van der Waals surface area contributed by atoms with Gasteiger partial charge in [-0.3, -0.25) is 9.59 Å². The summed E-state index contributed by atoms with van der Waals surface area (Å²) in [4.78, 5) is 36.8. The Kier molecular flexibility index (Phi) is 3.68. The third kappa shape index (κ3) is 2.40. The molecule has 0 aliphatic carbocycles. The van der Waals surface area contributed by atoms with Crippen molar-refractivity contribution in [1.29, 1.82) is 0 Å². The van der Waals surface area contributed by atoms with Crippen LogP contribution >= 0.6 is 0 Å². The predicted octanol–water partition coefficient (Wildman–Crippen LogP) is 0.383. The number of nitrogens with one attached hydrogen (secondary N) is 1. The van der Waals surface area contributed by atoms with Crippen LogP contribution in [0.4, 0.5) is 0 Å². The number of carbonyl (C=O) groups excluding carboxylic acids is 2. The number of fused-ring (bicyclic) bond motifs is 3. The highest BCUT2D eigenvalue weighted by Crippen LogP contribution is 2.42. The Balaban J connectivity index is 1.40. The first kappa shape index (κ1) is 16.8. The number of H-pyrrole nitrogens is 1. The van der Waals surface area contributed by atoms with E-state index < -0.39 is 5.54 Å². The van der Waals surface area contributed by atoms with Gasteiger partial charge in [0.1, 0.15) is 0 Å². The van der Waals surface area contributed by atoms with Crippen molar-refractivity contribution in [3.05, 3.63) is 41.6 Å². The lowest BCUT2D eigenvalue weighted by molar-refractivity contribution is -0.139. The molecule has 2 aliphatic rings. The van der Waals surface area contributed by atoms with Gasteiger partial charge < -0.3 is 14.8 Å². The van der Waals surface area contributed by atoms with Crippen LogP contribution in [0.3, 0.4) is 0 Å². The van der Waals surface area contributed by atoms with E-state index in [1.807, 2.05) is 9.80 Å². The molecule has 2 amide bonds. The lowest BCUT2D eigenvalue weighted by atomic mass is 9.78. The third-order valence-electron chi connectivity index (χ3n) is 5.96. The maximum absolute atomic E-state index is 13.0. The number of aromatic amines is 1. The second-order valence-electron chi connectivity index (χ2n) is 7.37. The molecule has 28 heavy (non-hydrogen) atoms. The number of rotatable bonds is 1. The van der Waals surface area contributed by atoms with Gasteiger partial charge in [0.2, 0.25) is 5.91 Å². The SMILES string of the molecule is CC(=O)N1CCc2[nH]cnc2C12CCN(C(=O)c1ccn3nnnc3c1)CC2. The molecule has 1 spiro atoms. The molecule has 1 saturated heterocycles. The van der Waals surface area contributed by atoms with E-state index in [-0.39, 0.29) is 11.8 Å². The molecule has 0 saturated carbocycles. The van der Waals surface area contributed by atoms with E-state index in [9.17, 15) is 9.59 Å². The highest BCUT2D eigenvalue weighted by Gasteiger charge is 2.48. The smallest absolute Gasteiger partial charge is 0.254 e. The van der Waals surface area contributed by atoms with Gasteiger partial charge in [0.25, 0.3) is 5.91 Å². The van der Waals surface area contributed by atoms with Crippen LogP contribution in [-0.2, 0) is 16.8 Å². The van der Waals surface area contributed by atoms with Gasteiger partial charge in [0.15, 0.2) is 5.65 Å². The number of tetrazole rings is 1. The maximum Gasteiger partial charge on any atom is 0.254 e. The number of carbonyl (C=O) groups is 2. The van der Waals surface area contributed by atoms with Crippen LogP contribution in [0.25, 0.3) is 5.65 Å². The maximum atomic E-state index is 13.0. The average Bonchev–Trinajstić information content (AvgIpc) is 3.37. The van der Waals surface area contributed by atoms with Gasteiger partial charge in [-0.05, 0) is 35.4 Å². The van der Waals surface area contributed by atoms with Crippen molar-refractivity contribution in [2.24, 2.45) is 0 Å². The van der Waals surface area contributed by atoms with E-state index in [1.54, 1.807) is 31.6 Å². The topological polar surface area (TPSA) is 112 Å². The molecular formula is C18H20N8O2. The normalized spacial score (nSPS) is 18.5. The minimum absolute atomic E-state index is 0.0483. The lowest BCUT2D eigenvalue weighted by Gasteiger charge is -2.50. The van der Waals surface area contributed by atoms with Crippen LogP contribution in [0.5, 0.6) is 0 Å². The van der Waals surface area contributed by atoms with Crippen molar-refractivity contribution in [1.82, 2.24) is 39.8 Å². The first-order valence-corrected chi connectivity index (χ1v) is 9.36. The summed E-state index contributed by atoms with van der Waals surface area (Å²) < 4.78 is 1.52. The highest BCUT2D eigenvalue weighted by atomic mass is 16.2. The molecule has 5 rings (SSSR count). The Morgan fingerprint density at radius 3 is 2.82 bits per heavy atom. The fraction of sp³-hybridized carbons (Fsp3) is 0.444. The molecule has 3 aromatic heterocycles. The molecule has 0 aromatic carbocycles. The zero-order valence-corrected chi connectivity index (χ0v) is 15.5. The van der Waals surface area contributed by atoms with E-state index in [1.165, 1.54) is 4.52 Å². The standard InChI is InChI=1S/C18H20N8O2/c1-12(27)25-6-3-14-16(20-11-19-14)18(25)4-8-24(9-5-18)17(28)13-2-7-26-15(10-13)21-22-23-26/h2,7,10-11H,3-6,8-9H2,1H3,(H,19,20). The van der Waals surface area contributed by atoms with Crippen LogP contribution < -0.4 is 0 Å². The van der Waals surface area contributed by atoms with Gasteiger partial charge in [0.05, 0.1) is 17.6 Å². The van der Waals surface area contributed by atoms with Crippen molar-refractivity contribution in [3.63, 3.8) is 0 Å². The molecule has 0 bridgehead atoms. The average molecular weight is 380 g/mol. The summed E-state index contributed by atoms with van der Waals surface area (Å²) in [7, 11) is 0. The summed E-state index contributed by atoms with van der Waals surface area (Å²) in [5.41, 5.74) is 2.72. The molecule has 1 N–H and O–H groups in total. The van der Waals surface area contributed by atoms with E-state index in [2.05, 4.69) is 25.5 Å². The molecule has 144 valence electrons. The van der Waals surface area contributed by atoms with Crippen molar-refractivity contribution < 1.29 is 9.59 Å². The second kappa shape index (κ2) is 6.11. The number of aromatic nitrogens is 6. The minimum atomic E-state index is -0.433. The van der Waals surface area contributed by atoms with Gasteiger partial charge in [0, 0.05) is 50.4 Å². The first-order chi connectivity index (χ1) is 13.6. The van der Waals surface area contributed by atoms with Gasteiger partial charge >= 0.3 is 0 Å². The van der Waals surface area contributed by atoms with E-state index in [0.29, 0.717) is 43.7 Å². The Morgan fingerprint density at radius 2 is 2.04 bits per heavy atom. The molecule has 0 unspecified atom stereocenters. The van der Waals surface area contributed by atoms with E-state index >= 15 is 0 Å². The van der Waals surface area contributed by atoms with Crippen LogP contribution in [0, 0.1) is 0 Å². The lowest BCUT2D eigenvalue weighted by Crippen LogP contribution is -2.58. The summed E-state index contributed by atoms with van der Waals surface area (Å²) >= 11 is 0. The summed E-state index contributed by atoms with van der Waals surface area (Å²) in [5, 5.41) is 11.3. The molecule has 5 heterocycles. The Labute approximate surface area is 160 Å². The monoisotopic (exact) mass is 380 g/mol. The van der Waals surface area contributed by atoms with Crippen LogP contribution in [0.15, 0.2) is 24.7 Å². The molecule has 0 atom stereocenters. The number of piperidine rings is 1. The molecular weight excluding hydrogens is 360 g/mol. The molecule has 10 nitrogen and oxygen atoms in total. The molecule has 1 fully saturated rings. The van der Waals surface area contributed by atoms with Crippen LogP contribution in [0.2, 0.25) is 0 Å². The summed E-state index contributed by atoms with van der Waals surface area (Å²) in [6.07, 6.45) is 5.51. The largest absolute Gasteiger partial charge is 0.348 e. The quantitative estimate of drug-likeness (QED) is 0.653. The molecule has 10 heteroatoms. The van der Waals surface area contributed by atoms with Gasteiger partial charge in [-0.2, -0.15) is 0 Å². The Bertz CT molecular complexity index is 1060. The number of amides is 2. The van der Waals surface area contributed by atoms with Gasteiger partial charge in [-0.25, -0.2) is 9.50 Å². The zero-order valence-electron chi connectivity index (χ0n) is 15.5. The van der Waals surface area contributed by atoms with Crippen molar-refractivity contribution in [3.8, 4) is 0 Å². The van der Waals surface area contributed by atoms with E-state index in [0.717, 1.165) is 17.8 Å². The van der Waals surface area contributed by atoms with Crippen LogP contribution in [-0.4, -0.2) is 71.3 Å². The number of pyridine rings is 1. The van der Waals surface area contributed by atoms with Crippen LogP contribution in [0.1, 0.15) is 41.5 Å². The van der Waals surface area contributed by atoms with Gasteiger partial charge in [-0.15, -0.1) is 5.10 Å². The second-order valence-corrected chi connectivity index (χ2v) is 7.37. The highest BCUT2D eigenvalue weighted by molar-refractivity contribution is 5.95. The Hall–Kier alpha value is -3.30. The zero-order chi connectivity index (χ0) is 19.3. The molecule has 2 aliphatic heterocycles. The van der Waals surface area contributed by atoms with Crippen molar-refractivity contribution in [2.45, 2.75) is 31.7 Å². The number of likely N-dealkylation sites (tertiary alicyclic amines) is 1. The summed E-state index contributed by atoms with van der Waals surface area (Å²) in [6.45, 7) is 3.41.